The summed E-state index contributed by atoms with van der Waals surface area (Å²) < 4.78 is 16.6. The number of rotatable bonds is 37. The van der Waals surface area contributed by atoms with E-state index in [0.717, 1.165) is 69.6 Å². The highest BCUT2D eigenvalue weighted by Gasteiger charge is 2.19. The van der Waals surface area contributed by atoms with Gasteiger partial charge in [-0.2, -0.15) is 0 Å². The molecule has 2 unspecified atom stereocenters. The summed E-state index contributed by atoms with van der Waals surface area (Å²) in [4.78, 5) is 37.5. The van der Waals surface area contributed by atoms with Crippen molar-refractivity contribution in [2.24, 2.45) is 11.8 Å². The van der Waals surface area contributed by atoms with E-state index in [1.54, 1.807) is 0 Å². The van der Waals surface area contributed by atoms with Gasteiger partial charge in [0.15, 0.2) is 6.10 Å². The van der Waals surface area contributed by atoms with E-state index in [1.165, 1.54) is 116 Å². The van der Waals surface area contributed by atoms with Crippen LogP contribution in [0.25, 0.3) is 0 Å². The van der Waals surface area contributed by atoms with Crippen molar-refractivity contribution >= 4 is 17.9 Å². The van der Waals surface area contributed by atoms with E-state index in [4.69, 9.17) is 14.2 Å². The SMILES string of the molecule is CCCCCCCCCC(=O)OC[C@@H](COC(=O)CCCCCCCCCCC(C)CC)OC(=O)CCCCCCCCCCC(C)CC. The van der Waals surface area contributed by atoms with E-state index < -0.39 is 6.10 Å². The lowest BCUT2D eigenvalue weighted by atomic mass is 9.99. The van der Waals surface area contributed by atoms with Gasteiger partial charge in [-0.05, 0) is 31.1 Å². The first-order valence-electron chi connectivity index (χ1n) is 21.3. The molecule has 0 aliphatic heterocycles. The zero-order valence-corrected chi connectivity index (χ0v) is 33.3. The number of carbonyl (C=O) groups excluding carboxylic acids is 3. The third-order valence-electron chi connectivity index (χ3n) is 10.2. The molecule has 0 aliphatic carbocycles. The number of unbranched alkanes of at least 4 members (excludes halogenated alkanes) is 20. The van der Waals surface area contributed by atoms with Gasteiger partial charge in [0.25, 0.3) is 0 Å². The Labute approximate surface area is 304 Å². The molecular weight excluding hydrogens is 612 g/mol. The predicted molar refractivity (Wildman–Crippen MR) is 206 cm³/mol. The largest absolute Gasteiger partial charge is 0.462 e. The summed E-state index contributed by atoms with van der Waals surface area (Å²) >= 11 is 0. The van der Waals surface area contributed by atoms with Gasteiger partial charge in [-0.15, -0.1) is 0 Å². The van der Waals surface area contributed by atoms with Gasteiger partial charge in [-0.1, -0.05) is 189 Å². The molecule has 290 valence electrons. The van der Waals surface area contributed by atoms with Gasteiger partial charge in [0.2, 0.25) is 0 Å². The molecule has 3 atom stereocenters. The first kappa shape index (κ1) is 47.4. The van der Waals surface area contributed by atoms with Crippen LogP contribution >= 0.6 is 0 Å². The van der Waals surface area contributed by atoms with Crippen LogP contribution in [0.15, 0.2) is 0 Å². The second-order valence-electron chi connectivity index (χ2n) is 15.1. The molecule has 0 aromatic carbocycles. The summed E-state index contributed by atoms with van der Waals surface area (Å²) in [5, 5.41) is 0. The van der Waals surface area contributed by atoms with Crippen molar-refractivity contribution in [1.82, 2.24) is 0 Å². The minimum atomic E-state index is -0.759. The minimum Gasteiger partial charge on any atom is -0.462 e. The number of hydrogen-bond donors (Lipinski definition) is 0. The molecule has 0 saturated carbocycles. The van der Waals surface area contributed by atoms with Crippen LogP contribution in [0.2, 0.25) is 0 Å². The number of carbonyl (C=O) groups is 3. The fourth-order valence-corrected chi connectivity index (χ4v) is 6.16. The molecule has 0 fully saturated rings. The van der Waals surface area contributed by atoms with Crippen molar-refractivity contribution < 1.29 is 28.6 Å². The van der Waals surface area contributed by atoms with Crippen LogP contribution in [0.5, 0.6) is 0 Å². The number of hydrogen-bond acceptors (Lipinski definition) is 6. The van der Waals surface area contributed by atoms with Gasteiger partial charge >= 0.3 is 17.9 Å². The van der Waals surface area contributed by atoms with Crippen LogP contribution in [-0.2, 0) is 28.6 Å². The molecule has 6 heteroatoms. The van der Waals surface area contributed by atoms with Crippen molar-refractivity contribution in [3.8, 4) is 0 Å². The molecule has 0 amide bonds. The summed E-state index contributed by atoms with van der Waals surface area (Å²) in [7, 11) is 0. The van der Waals surface area contributed by atoms with Gasteiger partial charge in [0.1, 0.15) is 13.2 Å². The summed E-state index contributed by atoms with van der Waals surface area (Å²) in [5.41, 5.74) is 0. The second kappa shape index (κ2) is 36.2. The van der Waals surface area contributed by atoms with Gasteiger partial charge in [0, 0.05) is 19.3 Å². The molecule has 0 radical (unpaired) electrons. The lowest BCUT2D eigenvalue weighted by Crippen LogP contribution is -2.30. The third-order valence-corrected chi connectivity index (χ3v) is 10.2. The van der Waals surface area contributed by atoms with E-state index in [2.05, 4.69) is 34.6 Å². The quantitative estimate of drug-likeness (QED) is 0.0366. The van der Waals surface area contributed by atoms with E-state index in [1.807, 2.05) is 0 Å². The average molecular weight is 695 g/mol. The highest BCUT2D eigenvalue weighted by atomic mass is 16.6. The minimum absolute atomic E-state index is 0.0665. The van der Waals surface area contributed by atoms with Crippen molar-refractivity contribution in [2.45, 2.75) is 233 Å². The molecule has 0 spiro atoms. The summed E-state index contributed by atoms with van der Waals surface area (Å²) in [6, 6.07) is 0. The zero-order valence-electron chi connectivity index (χ0n) is 33.3. The molecule has 0 N–H and O–H groups in total. The molecule has 6 nitrogen and oxygen atoms in total. The van der Waals surface area contributed by atoms with Gasteiger partial charge in [0.05, 0.1) is 0 Å². The standard InChI is InChI=1S/C43H82O6/c1-6-9-10-11-16-23-28-33-41(44)47-36-40(49-43(46)35-30-25-20-15-13-18-22-27-32-39(5)8-3)37-48-42(45)34-29-24-19-14-12-17-21-26-31-38(4)7-2/h38-40H,6-37H2,1-5H3/t38?,39?,40-/m0/s1. The van der Waals surface area contributed by atoms with Crippen LogP contribution in [0.4, 0.5) is 0 Å². The summed E-state index contributed by atoms with van der Waals surface area (Å²) in [6.45, 7) is 11.3. The van der Waals surface area contributed by atoms with Gasteiger partial charge in [-0.25, -0.2) is 0 Å². The fraction of sp³-hybridized carbons (Fsp3) is 0.930. The van der Waals surface area contributed by atoms with E-state index in [-0.39, 0.29) is 31.1 Å². The Hall–Kier alpha value is -1.59. The number of esters is 3. The smallest absolute Gasteiger partial charge is 0.306 e. The maximum absolute atomic E-state index is 12.6. The van der Waals surface area contributed by atoms with E-state index in [9.17, 15) is 14.4 Å². The topological polar surface area (TPSA) is 78.9 Å². The fourth-order valence-electron chi connectivity index (χ4n) is 6.16. The first-order chi connectivity index (χ1) is 23.8. The Bertz CT molecular complexity index is 753. The molecule has 0 saturated heterocycles. The molecule has 0 aromatic rings. The Morgan fingerprint density at radius 1 is 0.408 bits per heavy atom. The van der Waals surface area contributed by atoms with Crippen molar-refractivity contribution in [2.75, 3.05) is 13.2 Å². The lowest BCUT2D eigenvalue weighted by molar-refractivity contribution is -0.167. The summed E-state index contributed by atoms with van der Waals surface area (Å²) in [6.07, 6.45) is 32.3. The molecule has 0 heterocycles. The average Bonchev–Trinajstić information content (AvgIpc) is 3.10. The van der Waals surface area contributed by atoms with Crippen LogP contribution in [-0.4, -0.2) is 37.2 Å². The van der Waals surface area contributed by atoms with Crippen molar-refractivity contribution in [3.05, 3.63) is 0 Å². The highest BCUT2D eigenvalue weighted by molar-refractivity contribution is 5.71. The van der Waals surface area contributed by atoms with E-state index in [0.29, 0.717) is 19.3 Å². The lowest BCUT2D eigenvalue weighted by Gasteiger charge is -2.18. The maximum Gasteiger partial charge on any atom is 0.306 e. The molecule has 0 rings (SSSR count). The zero-order chi connectivity index (χ0) is 36.2. The Morgan fingerprint density at radius 2 is 0.714 bits per heavy atom. The predicted octanol–water partition coefficient (Wildman–Crippen LogP) is 13.0. The molecule has 49 heavy (non-hydrogen) atoms. The highest BCUT2D eigenvalue weighted by Crippen LogP contribution is 2.17. The van der Waals surface area contributed by atoms with Crippen LogP contribution < -0.4 is 0 Å². The van der Waals surface area contributed by atoms with Crippen LogP contribution in [0.3, 0.4) is 0 Å². The molecular formula is C43H82O6. The molecule has 0 bridgehead atoms. The van der Waals surface area contributed by atoms with Crippen molar-refractivity contribution in [1.29, 1.82) is 0 Å². The number of ether oxygens (including phenoxy) is 3. The van der Waals surface area contributed by atoms with Gasteiger partial charge < -0.3 is 14.2 Å². The normalized spacial score (nSPS) is 13.2. The van der Waals surface area contributed by atoms with E-state index >= 15 is 0 Å². The van der Waals surface area contributed by atoms with Crippen LogP contribution in [0.1, 0.15) is 227 Å². The molecule has 0 aromatic heterocycles. The second-order valence-corrected chi connectivity index (χ2v) is 15.1. The Kier molecular flexibility index (Phi) is 35.0. The first-order valence-corrected chi connectivity index (χ1v) is 21.3. The van der Waals surface area contributed by atoms with Crippen molar-refractivity contribution in [3.63, 3.8) is 0 Å². The Balaban J connectivity index is 4.33. The monoisotopic (exact) mass is 695 g/mol. The summed E-state index contributed by atoms with van der Waals surface area (Å²) in [5.74, 6) is 0.822. The van der Waals surface area contributed by atoms with Crippen LogP contribution in [0, 0.1) is 11.8 Å². The Morgan fingerprint density at radius 3 is 1.06 bits per heavy atom. The third kappa shape index (κ3) is 34.6. The van der Waals surface area contributed by atoms with Gasteiger partial charge in [-0.3, -0.25) is 14.4 Å². The molecule has 0 aliphatic rings. The maximum atomic E-state index is 12.6.